The number of nitrogens with one attached hydrogen (secondary N) is 2. The van der Waals surface area contributed by atoms with Gasteiger partial charge in [0.1, 0.15) is 5.69 Å². The van der Waals surface area contributed by atoms with Gasteiger partial charge in [-0.1, -0.05) is 6.07 Å². The molecule has 3 rings (SSSR count). The molecule has 0 spiro atoms. The first-order valence-electron chi connectivity index (χ1n) is 8.78. The van der Waals surface area contributed by atoms with E-state index < -0.39 is 0 Å². The Balaban J connectivity index is 1.93. The molecular weight excluding hydrogens is 342 g/mol. The lowest BCUT2D eigenvalue weighted by Gasteiger charge is -2.15. The lowest BCUT2D eigenvalue weighted by molar-refractivity contribution is 0.0950. The molecule has 1 aliphatic carbocycles. The summed E-state index contributed by atoms with van der Waals surface area (Å²) >= 11 is 0. The molecule has 1 aromatic heterocycles. The Morgan fingerprint density at radius 2 is 2.07 bits per heavy atom. The molecule has 2 N–H and O–H groups in total. The van der Waals surface area contributed by atoms with Gasteiger partial charge in [-0.05, 0) is 49.9 Å². The van der Waals surface area contributed by atoms with E-state index in [1.807, 2.05) is 32.0 Å². The fourth-order valence-electron chi connectivity index (χ4n) is 2.86. The van der Waals surface area contributed by atoms with Gasteiger partial charge < -0.3 is 10.6 Å². The van der Waals surface area contributed by atoms with Gasteiger partial charge in [0.25, 0.3) is 5.91 Å². The Hall–Kier alpha value is -3.22. The van der Waals surface area contributed by atoms with Crippen molar-refractivity contribution in [3.63, 3.8) is 0 Å². The number of hydrogen-bond donors (Lipinski definition) is 2. The maximum atomic E-state index is 12.3. The van der Waals surface area contributed by atoms with Crippen LogP contribution in [0, 0.1) is 13.8 Å². The number of amidine groups is 1. The van der Waals surface area contributed by atoms with Gasteiger partial charge in [0.05, 0.1) is 0 Å². The number of carbonyl (C=O) groups excluding carboxylic acids is 2. The van der Waals surface area contributed by atoms with Crippen molar-refractivity contribution >= 4 is 30.4 Å². The van der Waals surface area contributed by atoms with Gasteiger partial charge in [-0.25, -0.2) is 4.68 Å². The van der Waals surface area contributed by atoms with Crippen molar-refractivity contribution in [2.75, 3.05) is 12.4 Å². The van der Waals surface area contributed by atoms with Crippen molar-refractivity contribution in [1.82, 2.24) is 9.99 Å². The van der Waals surface area contributed by atoms with Crippen LogP contribution in [0.25, 0.3) is 0 Å². The number of benzene rings is 1. The predicted molar refractivity (Wildman–Crippen MR) is 107 cm³/mol. The van der Waals surface area contributed by atoms with Crippen LogP contribution in [0.5, 0.6) is 0 Å². The van der Waals surface area contributed by atoms with Crippen molar-refractivity contribution in [2.24, 2.45) is 10.1 Å². The molecule has 1 amide bonds. The zero-order valence-electron chi connectivity index (χ0n) is 15.7. The van der Waals surface area contributed by atoms with E-state index in [0.717, 1.165) is 35.9 Å². The van der Waals surface area contributed by atoms with Crippen LogP contribution in [-0.4, -0.2) is 42.5 Å². The minimum atomic E-state index is -0.0777. The maximum absolute atomic E-state index is 12.3. The second-order valence-corrected chi connectivity index (χ2v) is 6.64. The molecule has 140 valence electrons. The average Bonchev–Trinajstić information content (AvgIpc) is 3.42. The number of aliphatic imine (C=N–C) groups is 1. The number of rotatable bonds is 6. The van der Waals surface area contributed by atoms with E-state index in [0.29, 0.717) is 28.7 Å². The molecule has 1 saturated carbocycles. The van der Waals surface area contributed by atoms with Crippen LogP contribution in [0.15, 0.2) is 34.5 Å². The molecule has 0 aliphatic heterocycles. The van der Waals surface area contributed by atoms with Crippen LogP contribution in [0.4, 0.5) is 5.69 Å². The van der Waals surface area contributed by atoms with E-state index in [-0.39, 0.29) is 5.91 Å². The first-order chi connectivity index (χ1) is 13.0. The predicted octanol–water partition coefficient (Wildman–Crippen LogP) is 2.76. The molecule has 0 saturated heterocycles. The molecule has 0 bridgehead atoms. The number of nitrogens with zero attached hydrogens (tertiary/aromatic N) is 3. The van der Waals surface area contributed by atoms with Gasteiger partial charge >= 0.3 is 0 Å². The first kappa shape index (κ1) is 18.6. The number of amides is 1. The molecule has 1 aliphatic rings. The van der Waals surface area contributed by atoms with E-state index >= 15 is 0 Å². The molecular formula is C20H23N5O2. The molecule has 1 aromatic carbocycles. The van der Waals surface area contributed by atoms with Crippen molar-refractivity contribution < 1.29 is 9.59 Å². The van der Waals surface area contributed by atoms with Gasteiger partial charge in [-0.15, -0.1) is 0 Å². The summed E-state index contributed by atoms with van der Waals surface area (Å²) in [6.45, 7) is 7.34. The largest absolute Gasteiger partial charge is 0.349 e. The standard InChI is InChI=1S/C20H23N5O2/c1-12-5-6-14(20(27)23-16-7-8-16)9-17(12)24-19(21-3)18-13(2)15(11-26)10-25(18)22-4/h5-6,9-11,16H,4,7-8H2,1-3H3,(H,21,24)(H,23,27). The molecule has 0 radical (unpaired) electrons. The van der Waals surface area contributed by atoms with Gasteiger partial charge in [-0.3, -0.25) is 14.6 Å². The SMILES string of the molecule is C=Nn1cc(C=O)c(C)c1C(=NC)Nc1cc(C(=O)NC2CC2)ccc1C. The van der Waals surface area contributed by atoms with E-state index in [4.69, 9.17) is 0 Å². The van der Waals surface area contributed by atoms with Crippen LogP contribution in [0.2, 0.25) is 0 Å². The fourth-order valence-corrected chi connectivity index (χ4v) is 2.86. The summed E-state index contributed by atoms with van der Waals surface area (Å²) in [6, 6.07) is 5.81. The molecule has 1 heterocycles. The van der Waals surface area contributed by atoms with Crippen molar-refractivity contribution in [3.8, 4) is 0 Å². The van der Waals surface area contributed by atoms with Gasteiger partial charge in [0.2, 0.25) is 0 Å². The van der Waals surface area contributed by atoms with E-state index in [1.54, 1.807) is 13.2 Å². The van der Waals surface area contributed by atoms with Gasteiger partial charge in [-0.2, -0.15) is 5.10 Å². The van der Waals surface area contributed by atoms with E-state index in [1.165, 1.54) is 4.68 Å². The summed E-state index contributed by atoms with van der Waals surface area (Å²) in [5, 5.41) is 10.2. The molecule has 0 unspecified atom stereocenters. The van der Waals surface area contributed by atoms with Gasteiger partial charge in [0, 0.05) is 42.8 Å². The summed E-state index contributed by atoms with van der Waals surface area (Å²) in [4.78, 5) is 27.9. The third-order valence-electron chi connectivity index (χ3n) is 4.67. The summed E-state index contributed by atoms with van der Waals surface area (Å²) < 4.78 is 1.52. The van der Waals surface area contributed by atoms with Gasteiger partial charge in [0.15, 0.2) is 12.1 Å². The number of anilines is 1. The highest BCUT2D eigenvalue weighted by Crippen LogP contribution is 2.23. The fraction of sp³-hybridized carbons (Fsp3) is 0.300. The average molecular weight is 365 g/mol. The molecule has 1 fully saturated rings. The molecule has 27 heavy (non-hydrogen) atoms. The molecule has 2 aromatic rings. The highest BCUT2D eigenvalue weighted by molar-refractivity contribution is 6.10. The van der Waals surface area contributed by atoms with Crippen molar-refractivity contribution in [3.05, 3.63) is 52.3 Å². The number of hydrogen-bond acceptors (Lipinski definition) is 4. The lowest BCUT2D eigenvalue weighted by Crippen LogP contribution is -2.25. The summed E-state index contributed by atoms with van der Waals surface area (Å²) in [5.74, 6) is 0.460. The zero-order valence-corrected chi connectivity index (χ0v) is 15.7. The third-order valence-corrected chi connectivity index (χ3v) is 4.67. The maximum Gasteiger partial charge on any atom is 0.251 e. The smallest absolute Gasteiger partial charge is 0.251 e. The second-order valence-electron chi connectivity index (χ2n) is 6.64. The zero-order chi connectivity index (χ0) is 19.6. The highest BCUT2D eigenvalue weighted by Gasteiger charge is 2.24. The monoisotopic (exact) mass is 365 g/mol. The molecule has 0 atom stereocenters. The Morgan fingerprint density at radius 1 is 1.33 bits per heavy atom. The van der Waals surface area contributed by atoms with Crippen molar-refractivity contribution in [2.45, 2.75) is 32.7 Å². The topological polar surface area (TPSA) is 87.8 Å². The summed E-state index contributed by atoms with van der Waals surface area (Å²) in [6.07, 6.45) is 4.48. The Kier molecular flexibility index (Phi) is 5.21. The van der Waals surface area contributed by atoms with Crippen molar-refractivity contribution in [1.29, 1.82) is 0 Å². The second kappa shape index (κ2) is 7.57. The van der Waals surface area contributed by atoms with Crippen LogP contribution < -0.4 is 10.6 Å². The van der Waals surface area contributed by atoms with Crippen LogP contribution >= 0.6 is 0 Å². The van der Waals surface area contributed by atoms with E-state index in [2.05, 4.69) is 27.4 Å². The van der Waals surface area contributed by atoms with Crippen LogP contribution in [0.3, 0.4) is 0 Å². The number of aldehydes is 1. The molecule has 7 nitrogen and oxygen atoms in total. The molecule has 7 heteroatoms. The van der Waals surface area contributed by atoms with Crippen LogP contribution in [-0.2, 0) is 0 Å². The Labute approximate surface area is 158 Å². The lowest BCUT2D eigenvalue weighted by atomic mass is 10.1. The number of carbonyl (C=O) groups is 2. The first-order valence-corrected chi connectivity index (χ1v) is 8.78. The minimum absolute atomic E-state index is 0.0777. The normalized spacial score (nSPS) is 14.0. The quantitative estimate of drug-likeness (QED) is 0.469. The Bertz CT molecular complexity index is 938. The van der Waals surface area contributed by atoms with E-state index in [9.17, 15) is 9.59 Å². The third kappa shape index (κ3) is 3.81. The summed E-state index contributed by atoms with van der Waals surface area (Å²) in [5.41, 5.74) is 4.26. The summed E-state index contributed by atoms with van der Waals surface area (Å²) in [7, 11) is 1.65. The Morgan fingerprint density at radius 3 is 2.67 bits per heavy atom. The highest BCUT2D eigenvalue weighted by atomic mass is 16.1. The minimum Gasteiger partial charge on any atom is -0.349 e. The number of aromatic nitrogens is 1. The van der Waals surface area contributed by atoms with Crippen LogP contribution in [0.1, 0.15) is 50.4 Å². The number of aryl methyl sites for hydroxylation is 1.